The van der Waals surface area contributed by atoms with E-state index in [1.807, 2.05) is 18.2 Å². The number of halogens is 4. The smallest absolute Gasteiger partial charge is 0.283 e. The van der Waals surface area contributed by atoms with Crippen LogP contribution in [-0.4, -0.2) is 36.9 Å². The maximum atomic E-state index is 15.3. The summed E-state index contributed by atoms with van der Waals surface area (Å²) in [4.78, 5) is 22.8. The molecular formula is C31H22ClF3N6O2. The molecule has 0 radical (unpaired) electrons. The van der Waals surface area contributed by atoms with Crippen LogP contribution < -0.4 is 10.3 Å². The van der Waals surface area contributed by atoms with Crippen molar-refractivity contribution in [1.29, 1.82) is 0 Å². The van der Waals surface area contributed by atoms with E-state index >= 15 is 4.39 Å². The fraction of sp³-hybridized carbons (Fsp3) is 0.258. The second kappa shape index (κ2) is 9.50. The molecule has 3 aliphatic heterocycles. The first kappa shape index (κ1) is 26.1. The summed E-state index contributed by atoms with van der Waals surface area (Å²) in [6.07, 6.45) is 0.153. The Morgan fingerprint density at radius 1 is 1.12 bits per heavy atom. The fourth-order valence-electron chi connectivity index (χ4n) is 6.45. The highest BCUT2D eigenvalue weighted by Gasteiger charge is 2.56. The molecule has 43 heavy (non-hydrogen) atoms. The molecule has 8 nitrogen and oxygen atoms in total. The van der Waals surface area contributed by atoms with Crippen molar-refractivity contribution in [3.05, 3.63) is 105 Å². The third-order valence-corrected chi connectivity index (χ3v) is 8.76. The van der Waals surface area contributed by atoms with Crippen LogP contribution in [-0.2, 0) is 6.42 Å². The molecule has 0 saturated heterocycles. The van der Waals surface area contributed by atoms with E-state index in [1.165, 1.54) is 10.7 Å². The Morgan fingerprint density at radius 3 is 2.79 bits per heavy atom. The largest absolute Gasteiger partial charge is 0.489 e. The summed E-state index contributed by atoms with van der Waals surface area (Å²) in [5.74, 6) is 0.864. The summed E-state index contributed by atoms with van der Waals surface area (Å²) in [6, 6.07) is 11.5. The second-order valence-electron chi connectivity index (χ2n) is 11.3. The lowest BCUT2D eigenvalue weighted by molar-refractivity contribution is 0.146. The van der Waals surface area contributed by atoms with Crippen molar-refractivity contribution in [1.82, 2.24) is 24.5 Å². The van der Waals surface area contributed by atoms with Crippen molar-refractivity contribution in [2.45, 2.75) is 37.6 Å². The molecule has 4 aliphatic rings. The third-order valence-electron chi connectivity index (χ3n) is 8.53. The summed E-state index contributed by atoms with van der Waals surface area (Å²) in [6.45, 7) is 4.42. The highest BCUT2D eigenvalue weighted by Crippen LogP contribution is 2.60. The van der Waals surface area contributed by atoms with Crippen LogP contribution in [0.1, 0.15) is 53.9 Å². The van der Waals surface area contributed by atoms with Gasteiger partial charge in [-0.1, -0.05) is 35.5 Å². The summed E-state index contributed by atoms with van der Waals surface area (Å²) < 4.78 is 50.3. The Hall–Kier alpha value is -4.51. The zero-order valence-corrected chi connectivity index (χ0v) is 23.2. The fourth-order valence-corrected chi connectivity index (χ4v) is 6.62. The highest BCUT2D eigenvalue weighted by molar-refractivity contribution is 6.31. The first-order valence-corrected chi connectivity index (χ1v) is 14.2. The average molecular weight is 603 g/mol. The van der Waals surface area contributed by atoms with Gasteiger partial charge in [0.1, 0.15) is 23.9 Å². The monoisotopic (exact) mass is 602 g/mol. The topological polar surface area (TPSA) is 87.2 Å². The molecule has 4 aromatic rings. The number of aliphatic imine (C=N–C) groups is 1. The lowest BCUT2D eigenvalue weighted by Gasteiger charge is -2.20. The van der Waals surface area contributed by atoms with Crippen molar-refractivity contribution in [2.75, 3.05) is 6.61 Å². The van der Waals surface area contributed by atoms with Crippen LogP contribution >= 0.6 is 11.6 Å². The molecule has 216 valence electrons. The molecule has 0 bridgehead atoms. The first-order valence-electron chi connectivity index (χ1n) is 13.8. The Balaban J connectivity index is 1.12. The van der Waals surface area contributed by atoms with Gasteiger partial charge < -0.3 is 4.74 Å². The molecular weight excluding hydrogens is 581 g/mol. The van der Waals surface area contributed by atoms with Gasteiger partial charge in [-0.15, -0.1) is 5.10 Å². The van der Waals surface area contributed by atoms with E-state index in [9.17, 15) is 13.6 Å². The van der Waals surface area contributed by atoms with E-state index in [0.717, 1.165) is 35.9 Å². The molecule has 2 aromatic carbocycles. The molecule has 1 aliphatic carbocycles. The number of rotatable bonds is 5. The molecule has 2 aromatic heterocycles. The number of allylic oxidation sites excluding steroid dienone is 1. The van der Waals surface area contributed by atoms with Crippen LogP contribution in [0.15, 0.2) is 76.6 Å². The predicted octanol–water partition coefficient (Wildman–Crippen LogP) is 6.41. The minimum Gasteiger partial charge on any atom is -0.489 e. The Morgan fingerprint density at radius 2 is 1.98 bits per heavy atom. The average Bonchev–Trinajstić information content (AvgIpc) is 3.28. The van der Waals surface area contributed by atoms with Crippen LogP contribution in [0.5, 0.6) is 5.75 Å². The number of hydrogen-bond donors (Lipinski definition) is 0. The van der Waals surface area contributed by atoms with Gasteiger partial charge in [-0.25, -0.2) is 23.4 Å². The Bertz CT molecular complexity index is 2000. The summed E-state index contributed by atoms with van der Waals surface area (Å²) in [5, 5.41) is 7.76. The first-order chi connectivity index (χ1) is 20.7. The van der Waals surface area contributed by atoms with Gasteiger partial charge in [-0.3, -0.25) is 9.36 Å². The molecule has 3 unspecified atom stereocenters. The molecule has 0 spiro atoms. The summed E-state index contributed by atoms with van der Waals surface area (Å²) in [7, 11) is 0. The zero-order chi connectivity index (χ0) is 29.6. The van der Waals surface area contributed by atoms with E-state index < -0.39 is 24.1 Å². The second-order valence-corrected chi connectivity index (χ2v) is 11.7. The van der Waals surface area contributed by atoms with Crippen molar-refractivity contribution >= 4 is 22.9 Å². The predicted molar refractivity (Wildman–Crippen MR) is 154 cm³/mol. The molecule has 8 rings (SSSR count). The lowest BCUT2D eigenvalue weighted by Crippen LogP contribution is -2.30. The zero-order valence-electron chi connectivity index (χ0n) is 22.5. The molecule has 0 N–H and O–H groups in total. The number of aromatic nitrogens is 5. The van der Waals surface area contributed by atoms with Crippen molar-refractivity contribution in [2.24, 2.45) is 10.9 Å². The Kier molecular flexibility index (Phi) is 5.78. The van der Waals surface area contributed by atoms with Crippen LogP contribution in [0, 0.1) is 5.92 Å². The van der Waals surface area contributed by atoms with E-state index in [0.29, 0.717) is 51.2 Å². The number of hydrogen-bond acceptors (Lipinski definition) is 6. The molecule has 12 heteroatoms. The lowest BCUT2D eigenvalue weighted by atomic mass is 9.95. The SMILES string of the molecule is C=C1COc2cc(C3=C(F)N=C(C4C5CC5c5nc(-c6cc(Cl)ccc6-n6cc(C(F)F)nn6)cc(=O)n54)C3)ccc2C1. The molecule has 5 heterocycles. The van der Waals surface area contributed by atoms with Crippen molar-refractivity contribution in [3.8, 4) is 22.7 Å². The number of fused-ring (bicyclic) bond motifs is 4. The third kappa shape index (κ3) is 4.24. The van der Waals surface area contributed by atoms with E-state index in [-0.39, 0.29) is 23.8 Å². The molecule has 3 atom stereocenters. The number of ether oxygens (including phenoxy) is 1. The van der Waals surface area contributed by atoms with Gasteiger partial charge in [0.25, 0.3) is 12.0 Å². The summed E-state index contributed by atoms with van der Waals surface area (Å²) >= 11 is 6.29. The van der Waals surface area contributed by atoms with E-state index in [2.05, 4.69) is 21.9 Å². The van der Waals surface area contributed by atoms with Crippen LogP contribution in [0.25, 0.3) is 22.5 Å². The number of benzene rings is 2. The number of alkyl halides is 2. The normalized spacial score (nSPS) is 21.9. The van der Waals surface area contributed by atoms with Gasteiger partial charge >= 0.3 is 0 Å². The van der Waals surface area contributed by atoms with E-state index in [1.54, 1.807) is 22.8 Å². The minimum absolute atomic E-state index is 0.0251. The maximum Gasteiger partial charge on any atom is 0.283 e. The number of nitrogens with zero attached hydrogens (tertiary/aromatic N) is 6. The highest BCUT2D eigenvalue weighted by atomic mass is 35.5. The summed E-state index contributed by atoms with van der Waals surface area (Å²) in [5.41, 5.74) is 4.16. The van der Waals surface area contributed by atoms with Gasteiger partial charge in [-0.2, -0.15) is 4.39 Å². The van der Waals surface area contributed by atoms with Gasteiger partial charge in [0.05, 0.1) is 23.6 Å². The van der Waals surface area contributed by atoms with Crippen LogP contribution in [0.2, 0.25) is 5.02 Å². The van der Waals surface area contributed by atoms with Crippen LogP contribution in [0.3, 0.4) is 0 Å². The molecule has 0 amide bonds. The van der Waals surface area contributed by atoms with Gasteiger partial charge in [0.2, 0.25) is 5.95 Å². The Labute approximate surface area is 247 Å². The standard InChI is InChI=1S/C31H22ClF3N6O2/c1-14-6-16-3-2-15(7-26(16)43-13-14)18-10-23(36-30(18)35)28-19-9-20(19)31-37-22(11-27(42)41(28)31)21-8-17(32)4-5-25(21)40-12-24(29(33)34)38-39-40/h2-5,7-8,11-12,19-20,28-29H,1,6,9-10,13H2. The molecule has 1 fully saturated rings. The van der Waals surface area contributed by atoms with E-state index in [4.69, 9.17) is 21.3 Å². The van der Waals surface area contributed by atoms with Crippen molar-refractivity contribution < 1.29 is 17.9 Å². The maximum absolute atomic E-state index is 15.3. The van der Waals surface area contributed by atoms with Gasteiger partial charge in [0, 0.05) is 46.7 Å². The quantitative estimate of drug-likeness (QED) is 0.194. The minimum atomic E-state index is -2.78. The van der Waals surface area contributed by atoms with Crippen LogP contribution in [0.4, 0.5) is 13.2 Å². The van der Waals surface area contributed by atoms with Gasteiger partial charge in [0.15, 0.2) is 0 Å². The van der Waals surface area contributed by atoms with Crippen molar-refractivity contribution in [3.63, 3.8) is 0 Å². The van der Waals surface area contributed by atoms with Gasteiger partial charge in [-0.05, 0) is 53.3 Å². The molecule has 1 saturated carbocycles.